The van der Waals surface area contributed by atoms with Crippen LogP contribution < -0.4 is 0 Å². The number of fused-ring (bicyclic) bond motifs is 1. The van der Waals surface area contributed by atoms with Gasteiger partial charge in [-0.25, -0.2) is 4.79 Å². The molecule has 0 aliphatic carbocycles. The minimum atomic E-state index is -0.353. The molecule has 0 aromatic heterocycles. The van der Waals surface area contributed by atoms with Crippen LogP contribution in [0.4, 0.5) is 0 Å². The number of hydrogen-bond acceptors (Lipinski definition) is 3. The number of carbonyl (C=O) groups excluding carboxylic acids is 2. The zero-order valence-corrected chi connectivity index (χ0v) is 9.52. The van der Waals surface area contributed by atoms with E-state index in [9.17, 15) is 9.59 Å². The standard InChI is InChI=1S/C12H17NO3/c1-16-12(15)10-8-7-9-5-3-2-4-6-11(14)13(9)10/h2-3,9-10H,4-8H2,1H3/b3-2-/t9-,10-/m0/s1. The smallest absolute Gasteiger partial charge is 0.328 e. The van der Waals surface area contributed by atoms with Crippen LogP contribution in [0.3, 0.4) is 0 Å². The molecule has 0 aromatic rings. The van der Waals surface area contributed by atoms with E-state index in [4.69, 9.17) is 4.74 Å². The molecule has 0 aromatic carbocycles. The van der Waals surface area contributed by atoms with Crippen molar-refractivity contribution in [2.75, 3.05) is 7.11 Å². The molecule has 2 rings (SSSR count). The van der Waals surface area contributed by atoms with E-state index < -0.39 is 0 Å². The maximum absolute atomic E-state index is 12.0. The Morgan fingerprint density at radius 2 is 2.25 bits per heavy atom. The van der Waals surface area contributed by atoms with Crippen molar-refractivity contribution in [3.63, 3.8) is 0 Å². The molecule has 0 saturated carbocycles. The van der Waals surface area contributed by atoms with Gasteiger partial charge in [0.05, 0.1) is 7.11 Å². The van der Waals surface area contributed by atoms with Gasteiger partial charge >= 0.3 is 5.97 Å². The second kappa shape index (κ2) is 4.68. The Morgan fingerprint density at radius 1 is 1.44 bits per heavy atom. The van der Waals surface area contributed by atoms with Crippen LogP contribution in [-0.4, -0.2) is 36.0 Å². The minimum absolute atomic E-state index is 0.0854. The van der Waals surface area contributed by atoms with Crippen molar-refractivity contribution >= 4 is 11.9 Å². The second-order valence-corrected chi connectivity index (χ2v) is 4.32. The van der Waals surface area contributed by atoms with Gasteiger partial charge < -0.3 is 9.64 Å². The Labute approximate surface area is 95.2 Å². The molecule has 2 atom stereocenters. The highest BCUT2D eigenvalue weighted by atomic mass is 16.5. The van der Waals surface area contributed by atoms with Gasteiger partial charge in [0.25, 0.3) is 0 Å². The van der Waals surface area contributed by atoms with Crippen LogP contribution in [0.25, 0.3) is 0 Å². The van der Waals surface area contributed by atoms with Crippen LogP contribution in [0.15, 0.2) is 12.2 Å². The molecule has 4 nitrogen and oxygen atoms in total. The Kier molecular flexibility index (Phi) is 3.27. The molecule has 2 aliphatic rings. The number of hydrogen-bond donors (Lipinski definition) is 0. The molecule has 88 valence electrons. The van der Waals surface area contributed by atoms with Crippen molar-refractivity contribution in [2.24, 2.45) is 0 Å². The Bertz CT molecular complexity index is 324. The van der Waals surface area contributed by atoms with Crippen LogP contribution in [-0.2, 0) is 14.3 Å². The first-order chi connectivity index (χ1) is 7.74. The SMILES string of the molecule is COC(=O)[C@@H]1CC[C@@H]2C/C=C\CCC(=O)N21. The van der Waals surface area contributed by atoms with Gasteiger partial charge in [0.15, 0.2) is 0 Å². The van der Waals surface area contributed by atoms with E-state index in [2.05, 4.69) is 12.2 Å². The molecule has 0 spiro atoms. The molecule has 4 heteroatoms. The number of allylic oxidation sites excluding steroid dienone is 1. The summed E-state index contributed by atoms with van der Waals surface area (Å²) in [5.74, 6) is -0.192. The molecule has 0 N–H and O–H groups in total. The van der Waals surface area contributed by atoms with Gasteiger partial charge in [0, 0.05) is 12.5 Å². The molecule has 2 aliphatic heterocycles. The van der Waals surface area contributed by atoms with Gasteiger partial charge in [-0.3, -0.25) is 4.79 Å². The van der Waals surface area contributed by atoms with E-state index in [1.165, 1.54) is 7.11 Å². The fourth-order valence-electron chi connectivity index (χ4n) is 2.57. The summed E-state index contributed by atoms with van der Waals surface area (Å²) in [7, 11) is 1.38. The van der Waals surface area contributed by atoms with E-state index in [1.807, 2.05) is 0 Å². The Hall–Kier alpha value is -1.32. The molecular weight excluding hydrogens is 206 g/mol. The van der Waals surface area contributed by atoms with Gasteiger partial charge in [0.2, 0.25) is 5.91 Å². The van der Waals surface area contributed by atoms with Crippen LogP contribution in [0.1, 0.15) is 32.1 Å². The number of amides is 1. The number of methoxy groups -OCH3 is 1. The van der Waals surface area contributed by atoms with Crippen molar-refractivity contribution in [1.29, 1.82) is 0 Å². The van der Waals surface area contributed by atoms with Crippen molar-refractivity contribution in [2.45, 2.75) is 44.2 Å². The number of carbonyl (C=O) groups is 2. The average Bonchev–Trinajstić information content (AvgIpc) is 2.68. The van der Waals surface area contributed by atoms with Crippen LogP contribution in [0.2, 0.25) is 0 Å². The maximum atomic E-state index is 12.0. The summed E-state index contributed by atoms with van der Waals surface area (Å²) in [4.78, 5) is 25.3. The molecule has 0 bridgehead atoms. The van der Waals surface area contributed by atoms with Crippen LogP contribution in [0, 0.1) is 0 Å². The summed E-state index contributed by atoms with van der Waals surface area (Å²) in [6, 6.07) is -0.165. The molecule has 1 saturated heterocycles. The summed E-state index contributed by atoms with van der Waals surface area (Å²) >= 11 is 0. The topological polar surface area (TPSA) is 46.6 Å². The fourth-order valence-corrected chi connectivity index (χ4v) is 2.57. The van der Waals surface area contributed by atoms with Crippen molar-refractivity contribution in [3.05, 3.63) is 12.2 Å². The van der Waals surface area contributed by atoms with Gasteiger partial charge in [-0.1, -0.05) is 12.2 Å². The van der Waals surface area contributed by atoms with E-state index in [0.717, 1.165) is 25.7 Å². The summed E-state index contributed by atoms with van der Waals surface area (Å²) in [5.41, 5.74) is 0. The third kappa shape index (κ3) is 1.96. The third-order valence-corrected chi connectivity index (χ3v) is 3.36. The predicted octanol–water partition coefficient (Wildman–Crippen LogP) is 1.26. The molecule has 0 radical (unpaired) electrons. The Balaban J connectivity index is 2.18. The fraction of sp³-hybridized carbons (Fsp3) is 0.667. The third-order valence-electron chi connectivity index (χ3n) is 3.36. The molecule has 1 amide bonds. The number of ether oxygens (including phenoxy) is 1. The van der Waals surface area contributed by atoms with Crippen LogP contribution >= 0.6 is 0 Å². The van der Waals surface area contributed by atoms with E-state index in [1.54, 1.807) is 4.90 Å². The Morgan fingerprint density at radius 3 is 3.00 bits per heavy atom. The maximum Gasteiger partial charge on any atom is 0.328 e. The van der Waals surface area contributed by atoms with E-state index in [-0.39, 0.29) is 24.0 Å². The minimum Gasteiger partial charge on any atom is -0.467 e. The first-order valence-electron chi connectivity index (χ1n) is 5.78. The lowest BCUT2D eigenvalue weighted by atomic mass is 10.1. The summed E-state index contributed by atoms with van der Waals surface area (Å²) < 4.78 is 4.75. The van der Waals surface area contributed by atoms with E-state index >= 15 is 0 Å². The monoisotopic (exact) mass is 223 g/mol. The highest BCUT2D eigenvalue weighted by Gasteiger charge is 2.40. The van der Waals surface area contributed by atoms with Gasteiger partial charge in [-0.15, -0.1) is 0 Å². The zero-order chi connectivity index (χ0) is 11.5. The van der Waals surface area contributed by atoms with Crippen molar-refractivity contribution in [1.82, 2.24) is 4.90 Å². The van der Waals surface area contributed by atoms with Gasteiger partial charge in [-0.05, 0) is 25.7 Å². The molecular formula is C12H17NO3. The predicted molar refractivity (Wildman–Crippen MR) is 58.7 cm³/mol. The largest absolute Gasteiger partial charge is 0.467 e. The van der Waals surface area contributed by atoms with Gasteiger partial charge in [-0.2, -0.15) is 0 Å². The number of rotatable bonds is 1. The van der Waals surface area contributed by atoms with Crippen molar-refractivity contribution in [3.8, 4) is 0 Å². The van der Waals surface area contributed by atoms with E-state index in [0.29, 0.717) is 6.42 Å². The lowest BCUT2D eigenvalue weighted by Gasteiger charge is -2.29. The quantitative estimate of drug-likeness (QED) is 0.496. The molecule has 0 unspecified atom stereocenters. The number of esters is 1. The highest BCUT2D eigenvalue weighted by molar-refractivity contribution is 5.85. The molecule has 2 heterocycles. The normalized spacial score (nSPS) is 31.6. The first-order valence-corrected chi connectivity index (χ1v) is 5.78. The summed E-state index contributed by atoms with van der Waals surface area (Å²) in [6.07, 6.45) is 7.94. The summed E-state index contributed by atoms with van der Waals surface area (Å²) in [6.45, 7) is 0. The second-order valence-electron chi connectivity index (χ2n) is 4.32. The number of nitrogens with zero attached hydrogens (tertiary/aromatic N) is 1. The molecule has 16 heavy (non-hydrogen) atoms. The zero-order valence-electron chi connectivity index (χ0n) is 9.52. The molecule has 1 fully saturated rings. The van der Waals surface area contributed by atoms with Gasteiger partial charge in [0.1, 0.15) is 6.04 Å². The summed E-state index contributed by atoms with van der Waals surface area (Å²) in [5, 5.41) is 0. The first kappa shape index (κ1) is 11.2. The lowest BCUT2D eigenvalue weighted by Crippen LogP contribution is -2.45. The lowest BCUT2D eigenvalue weighted by molar-refractivity contribution is -0.152. The van der Waals surface area contributed by atoms with Crippen LogP contribution in [0.5, 0.6) is 0 Å². The average molecular weight is 223 g/mol. The van der Waals surface area contributed by atoms with Crippen molar-refractivity contribution < 1.29 is 14.3 Å². The highest BCUT2D eigenvalue weighted by Crippen LogP contribution is 2.29.